The Bertz CT molecular complexity index is 900. The number of rotatable bonds is 5. The lowest BCUT2D eigenvalue weighted by molar-refractivity contribution is -0.141. The number of hydrogen-bond acceptors (Lipinski definition) is 5. The standard InChI is InChI=1S/C15H18N4O5S/c20-13(3-4-14(21)22)18-6-8-19(9-7-18)25(23,24)12-10-17-15-11(12)2-1-5-16-15/h1-2,5,10H,3-4,6-9H2,(H,16,17)(H,21,22). The summed E-state index contributed by atoms with van der Waals surface area (Å²) >= 11 is 0. The Labute approximate surface area is 144 Å². The van der Waals surface area contributed by atoms with Crippen LogP contribution in [0.2, 0.25) is 0 Å². The highest BCUT2D eigenvalue weighted by molar-refractivity contribution is 7.89. The fourth-order valence-corrected chi connectivity index (χ4v) is 4.41. The molecule has 9 nitrogen and oxygen atoms in total. The SMILES string of the molecule is O=C(O)CCC(=O)N1CCN(S(=O)(=O)c2c[nH]c3ncccc23)CC1. The number of carbonyl (C=O) groups excluding carboxylic acids is 1. The molecule has 2 aromatic heterocycles. The molecule has 3 heterocycles. The first-order valence-electron chi connectivity index (χ1n) is 7.81. The second kappa shape index (κ2) is 6.81. The molecule has 0 radical (unpaired) electrons. The van der Waals surface area contributed by atoms with Crippen LogP contribution in [-0.2, 0) is 19.6 Å². The Morgan fingerprint density at radius 3 is 2.60 bits per heavy atom. The third kappa shape index (κ3) is 3.49. The monoisotopic (exact) mass is 366 g/mol. The Morgan fingerprint density at radius 1 is 1.20 bits per heavy atom. The molecule has 0 unspecified atom stereocenters. The van der Waals surface area contributed by atoms with Gasteiger partial charge in [-0.15, -0.1) is 0 Å². The van der Waals surface area contributed by atoms with Gasteiger partial charge in [-0.1, -0.05) is 0 Å². The quantitative estimate of drug-likeness (QED) is 0.782. The first-order chi connectivity index (χ1) is 11.9. The second-order valence-corrected chi connectivity index (χ2v) is 7.64. The van der Waals surface area contributed by atoms with Gasteiger partial charge in [0.2, 0.25) is 15.9 Å². The van der Waals surface area contributed by atoms with E-state index in [1.165, 1.54) is 15.4 Å². The van der Waals surface area contributed by atoms with Gasteiger partial charge in [-0.3, -0.25) is 9.59 Å². The highest BCUT2D eigenvalue weighted by atomic mass is 32.2. The van der Waals surface area contributed by atoms with Crippen molar-refractivity contribution in [3.63, 3.8) is 0 Å². The molecule has 0 aromatic carbocycles. The lowest BCUT2D eigenvalue weighted by atomic mass is 10.2. The van der Waals surface area contributed by atoms with Crippen LogP contribution in [0.1, 0.15) is 12.8 Å². The third-order valence-corrected chi connectivity index (χ3v) is 6.11. The summed E-state index contributed by atoms with van der Waals surface area (Å²) in [6.45, 7) is 0.846. The Kier molecular flexibility index (Phi) is 4.73. The van der Waals surface area contributed by atoms with Crippen LogP contribution < -0.4 is 0 Å². The van der Waals surface area contributed by atoms with Gasteiger partial charge in [-0.2, -0.15) is 4.31 Å². The number of piperazine rings is 1. The van der Waals surface area contributed by atoms with Crippen LogP contribution in [0.3, 0.4) is 0 Å². The van der Waals surface area contributed by atoms with Gasteiger partial charge in [-0.25, -0.2) is 13.4 Å². The van der Waals surface area contributed by atoms with Gasteiger partial charge in [0.15, 0.2) is 0 Å². The summed E-state index contributed by atoms with van der Waals surface area (Å²) < 4.78 is 27.0. The number of fused-ring (bicyclic) bond motifs is 1. The zero-order valence-corrected chi connectivity index (χ0v) is 14.2. The average Bonchev–Trinajstić information content (AvgIpc) is 3.04. The fourth-order valence-electron chi connectivity index (χ4n) is 2.83. The van der Waals surface area contributed by atoms with E-state index in [4.69, 9.17) is 5.11 Å². The molecular weight excluding hydrogens is 348 g/mol. The lowest BCUT2D eigenvalue weighted by Crippen LogP contribution is -2.50. The number of aromatic amines is 1. The summed E-state index contributed by atoms with van der Waals surface area (Å²) in [6, 6.07) is 3.37. The summed E-state index contributed by atoms with van der Waals surface area (Å²) in [5.41, 5.74) is 0.503. The molecule has 2 N–H and O–H groups in total. The number of carboxylic acids is 1. The molecule has 3 rings (SSSR count). The van der Waals surface area contributed by atoms with Crippen LogP contribution in [0.25, 0.3) is 11.0 Å². The van der Waals surface area contributed by atoms with Gasteiger partial charge < -0.3 is 15.0 Å². The maximum atomic E-state index is 12.9. The van der Waals surface area contributed by atoms with Gasteiger partial charge in [0, 0.05) is 50.4 Å². The number of carbonyl (C=O) groups is 2. The zero-order valence-electron chi connectivity index (χ0n) is 13.4. The number of H-pyrrole nitrogens is 1. The van der Waals surface area contributed by atoms with Gasteiger partial charge >= 0.3 is 5.97 Å². The molecule has 1 aliphatic rings. The molecule has 2 aromatic rings. The van der Waals surface area contributed by atoms with Crippen molar-refractivity contribution in [1.29, 1.82) is 0 Å². The molecule has 1 amide bonds. The predicted octanol–water partition coefficient (Wildman–Crippen LogP) is 0.261. The molecule has 0 spiro atoms. The predicted molar refractivity (Wildman–Crippen MR) is 88.3 cm³/mol. The average molecular weight is 366 g/mol. The maximum Gasteiger partial charge on any atom is 0.303 e. The minimum atomic E-state index is -3.69. The van der Waals surface area contributed by atoms with Crippen molar-refractivity contribution in [2.24, 2.45) is 0 Å². The van der Waals surface area contributed by atoms with Crippen molar-refractivity contribution in [2.45, 2.75) is 17.7 Å². The van der Waals surface area contributed by atoms with E-state index in [0.717, 1.165) is 0 Å². The van der Waals surface area contributed by atoms with E-state index in [2.05, 4.69) is 9.97 Å². The number of aliphatic carboxylic acids is 1. The minimum absolute atomic E-state index is 0.0732. The van der Waals surface area contributed by atoms with Crippen LogP contribution in [0.5, 0.6) is 0 Å². The largest absolute Gasteiger partial charge is 0.481 e. The molecule has 134 valence electrons. The number of nitrogens with zero attached hydrogens (tertiary/aromatic N) is 3. The van der Waals surface area contributed by atoms with Gasteiger partial charge in [-0.05, 0) is 12.1 Å². The first-order valence-corrected chi connectivity index (χ1v) is 9.25. The molecule has 0 saturated carbocycles. The van der Waals surface area contributed by atoms with E-state index in [-0.39, 0.29) is 49.8 Å². The van der Waals surface area contributed by atoms with E-state index >= 15 is 0 Å². The van der Waals surface area contributed by atoms with Gasteiger partial charge in [0.05, 0.1) is 6.42 Å². The summed E-state index contributed by atoms with van der Waals surface area (Å²) in [7, 11) is -3.69. The Hall–Kier alpha value is -2.46. The smallest absolute Gasteiger partial charge is 0.303 e. The highest BCUT2D eigenvalue weighted by Crippen LogP contribution is 2.25. The molecule has 0 atom stereocenters. The third-order valence-electron chi connectivity index (χ3n) is 4.18. The van der Waals surface area contributed by atoms with E-state index in [9.17, 15) is 18.0 Å². The number of nitrogens with one attached hydrogen (secondary N) is 1. The van der Waals surface area contributed by atoms with Crippen molar-refractivity contribution in [1.82, 2.24) is 19.2 Å². The lowest BCUT2D eigenvalue weighted by Gasteiger charge is -2.33. The van der Waals surface area contributed by atoms with Crippen LogP contribution in [0.15, 0.2) is 29.4 Å². The molecule has 0 bridgehead atoms. The second-order valence-electron chi connectivity index (χ2n) is 5.73. The topological polar surface area (TPSA) is 124 Å². The molecule has 1 saturated heterocycles. The highest BCUT2D eigenvalue weighted by Gasteiger charge is 2.31. The molecule has 10 heteroatoms. The molecule has 1 fully saturated rings. The summed E-state index contributed by atoms with van der Waals surface area (Å²) in [6.07, 6.45) is 2.71. The van der Waals surface area contributed by atoms with Gasteiger partial charge in [0.25, 0.3) is 0 Å². The molecular formula is C15H18N4O5S. The Morgan fingerprint density at radius 2 is 1.92 bits per heavy atom. The van der Waals surface area contributed by atoms with Crippen molar-refractivity contribution < 1.29 is 23.1 Å². The Balaban J connectivity index is 1.70. The number of hydrogen-bond donors (Lipinski definition) is 2. The fraction of sp³-hybridized carbons (Fsp3) is 0.400. The summed E-state index contributed by atoms with van der Waals surface area (Å²) in [5.74, 6) is -1.29. The molecule has 25 heavy (non-hydrogen) atoms. The van der Waals surface area contributed by atoms with Crippen LogP contribution in [0.4, 0.5) is 0 Å². The number of amides is 1. The van der Waals surface area contributed by atoms with E-state index in [1.54, 1.807) is 18.3 Å². The molecule has 0 aliphatic carbocycles. The van der Waals surface area contributed by atoms with Crippen LogP contribution >= 0.6 is 0 Å². The number of pyridine rings is 1. The summed E-state index contributed by atoms with van der Waals surface area (Å²) in [5, 5.41) is 9.17. The van der Waals surface area contributed by atoms with Crippen molar-refractivity contribution in [2.75, 3.05) is 26.2 Å². The van der Waals surface area contributed by atoms with E-state index in [0.29, 0.717) is 11.0 Å². The van der Waals surface area contributed by atoms with E-state index in [1.807, 2.05) is 0 Å². The number of carboxylic acid groups (broad SMARTS) is 1. The maximum absolute atomic E-state index is 12.9. The van der Waals surface area contributed by atoms with E-state index < -0.39 is 16.0 Å². The minimum Gasteiger partial charge on any atom is -0.481 e. The molecule has 1 aliphatic heterocycles. The van der Waals surface area contributed by atoms with Crippen molar-refractivity contribution >= 4 is 32.9 Å². The number of aromatic nitrogens is 2. The van der Waals surface area contributed by atoms with Crippen LogP contribution in [0, 0.1) is 0 Å². The number of sulfonamides is 1. The van der Waals surface area contributed by atoms with Crippen molar-refractivity contribution in [3.8, 4) is 0 Å². The van der Waals surface area contributed by atoms with Crippen LogP contribution in [-0.4, -0.2) is 70.8 Å². The first kappa shape index (κ1) is 17.4. The normalized spacial score (nSPS) is 16.2. The van der Waals surface area contributed by atoms with Crippen molar-refractivity contribution in [3.05, 3.63) is 24.5 Å². The zero-order chi connectivity index (χ0) is 18.0. The summed E-state index contributed by atoms with van der Waals surface area (Å²) in [4.78, 5) is 31.1. The van der Waals surface area contributed by atoms with Gasteiger partial charge in [0.1, 0.15) is 10.5 Å².